The second-order valence-corrected chi connectivity index (χ2v) is 2.48. The third-order valence-electron chi connectivity index (χ3n) is 1.50. The van der Waals surface area contributed by atoms with Crippen molar-refractivity contribution in [1.29, 1.82) is 0 Å². The van der Waals surface area contributed by atoms with Gasteiger partial charge in [0.2, 0.25) is 5.79 Å². The molecule has 0 bridgehead atoms. The number of likely N-dealkylation sites (N-methyl/N-ethyl adjacent to an activating group) is 1. The standard InChI is InChI=1S/C6H12N4O/c1-3-10(11)6(7)4-5(2)8-9-6/h4,11H,3,7H2,1-2H3. The predicted molar refractivity (Wildman–Crippen MR) is 39.7 cm³/mol. The molecule has 0 saturated carbocycles. The first-order valence-corrected chi connectivity index (χ1v) is 3.46. The molecule has 1 unspecified atom stereocenters. The fraction of sp³-hybridized carbons (Fsp3) is 0.667. The maximum atomic E-state index is 9.24. The summed E-state index contributed by atoms with van der Waals surface area (Å²) < 4.78 is 0. The van der Waals surface area contributed by atoms with E-state index in [0.29, 0.717) is 6.54 Å². The van der Waals surface area contributed by atoms with E-state index in [4.69, 9.17) is 5.73 Å². The zero-order valence-electron chi connectivity index (χ0n) is 6.65. The minimum atomic E-state index is -1.14. The van der Waals surface area contributed by atoms with Gasteiger partial charge in [-0.1, -0.05) is 0 Å². The Morgan fingerprint density at radius 1 is 1.82 bits per heavy atom. The Bertz CT molecular complexity index is 213. The van der Waals surface area contributed by atoms with Gasteiger partial charge in [0.05, 0.1) is 5.70 Å². The molecule has 0 radical (unpaired) electrons. The molecule has 0 amide bonds. The van der Waals surface area contributed by atoms with Crippen LogP contribution in [0, 0.1) is 0 Å². The van der Waals surface area contributed by atoms with Gasteiger partial charge in [-0.2, -0.15) is 5.11 Å². The number of hydrogen-bond acceptors (Lipinski definition) is 5. The van der Waals surface area contributed by atoms with Crippen molar-refractivity contribution in [2.45, 2.75) is 19.6 Å². The molecule has 1 aliphatic heterocycles. The van der Waals surface area contributed by atoms with Crippen LogP contribution in [0.15, 0.2) is 22.0 Å². The van der Waals surface area contributed by atoms with Crippen molar-refractivity contribution >= 4 is 0 Å². The average molecular weight is 156 g/mol. The molecule has 11 heavy (non-hydrogen) atoms. The monoisotopic (exact) mass is 156 g/mol. The number of nitrogens with zero attached hydrogens (tertiary/aromatic N) is 3. The van der Waals surface area contributed by atoms with Crippen LogP contribution in [0.4, 0.5) is 0 Å². The van der Waals surface area contributed by atoms with Crippen molar-refractivity contribution in [3.8, 4) is 0 Å². The second kappa shape index (κ2) is 2.69. The summed E-state index contributed by atoms with van der Waals surface area (Å²) in [6.07, 6.45) is 1.61. The van der Waals surface area contributed by atoms with Crippen LogP contribution in [-0.2, 0) is 0 Å². The van der Waals surface area contributed by atoms with Crippen molar-refractivity contribution in [3.63, 3.8) is 0 Å². The van der Waals surface area contributed by atoms with Gasteiger partial charge in [0.15, 0.2) is 0 Å². The summed E-state index contributed by atoms with van der Waals surface area (Å²) in [5.74, 6) is -1.14. The zero-order valence-corrected chi connectivity index (χ0v) is 6.65. The zero-order chi connectivity index (χ0) is 8.48. The van der Waals surface area contributed by atoms with Crippen molar-refractivity contribution in [2.75, 3.05) is 6.54 Å². The third kappa shape index (κ3) is 1.45. The molecule has 5 nitrogen and oxygen atoms in total. The van der Waals surface area contributed by atoms with Crippen LogP contribution >= 0.6 is 0 Å². The summed E-state index contributed by atoms with van der Waals surface area (Å²) in [4.78, 5) is 0. The summed E-state index contributed by atoms with van der Waals surface area (Å²) in [7, 11) is 0. The van der Waals surface area contributed by atoms with Crippen LogP contribution in [0.3, 0.4) is 0 Å². The van der Waals surface area contributed by atoms with E-state index in [1.807, 2.05) is 0 Å². The number of hydroxylamine groups is 2. The molecule has 0 aromatic heterocycles. The Balaban J connectivity index is 2.78. The van der Waals surface area contributed by atoms with Crippen LogP contribution in [0.2, 0.25) is 0 Å². The Kier molecular flexibility index (Phi) is 2.03. The minimum absolute atomic E-state index is 0.416. The fourth-order valence-electron chi connectivity index (χ4n) is 0.904. The van der Waals surface area contributed by atoms with Crippen LogP contribution in [0.1, 0.15) is 13.8 Å². The van der Waals surface area contributed by atoms with E-state index in [-0.39, 0.29) is 0 Å². The molecule has 0 fully saturated rings. The lowest BCUT2D eigenvalue weighted by molar-refractivity contribution is -0.149. The Morgan fingerprint density at radius 2 is 2.45 bits per heavy atom. The lowest BCUT2D eigenvalue weighted by Gasteiger charge is -2.25. The maximum Gasteiger partial charge on any atom is 0.227 e. The van der Waals surface area contributed by atoms with E-state index in [2.05, 4.69) is 10.2 Å². The number of nitrogens with two attached hydrogens (primary N) is 1. The largest absolute Gasteiger partial charge is 0.310 e. The van der Waals surface area contributed by atoms with Crippen LogP contribution in [0.5, 0.6) is 0 Å². The molecular formula is C6H12N4O. The molecule has 1 heterocycles. The highest BCUT2D eigenvalue weighted by atomic mass is 16.5. The van der Waals surface area contributed by atoms with E-state index >= 15 is 0 Å². The van der Waals surface area contributed by atoms with E-state index in [1.54, 1.807) is 19.9 Å². The quantitative estimate of drug-likeness (QED) is 0.456. The summed E-state index contributed by atoms with van der Waals surface area (Å²) in [6, 6.07) is 0. The SMILES string of the molecule is CCN(O)C1(N)C=C(C)N=N1. The molecule has 1 atom stereocenters. The van der Waals surface area contributed by atoms with Gasteiger partial charge < -0.3 is 5.21 Å². The van der Waals surface area contributed by atoms with Gasteiger partial charge in [0.1, 0.15) is 0 Å². The molecule has 3 N–H and O–H groups in total. The van der Waals surface area contributed by atoms with E-state index in [9.17, 15) is 5.21 Å². The first-order valence-electron chi connectivity index (χ1n) is 3.46. The van der Waals surface area contributed by atoms with Crippen LogP contribution < -0.4 is 5.73 Å². The summed E-state index contributed by atoms with van der Waals surface area (Å²) in [5.41, 5.74) is 6.36. The normalized spacial score (nSPS) is 29.7. The van der Waals surface area contributed by atoms with E-state index in [1.165, 1.54) is 0 Å². The molecule has 62 valence electrons. The first-order chi connectivity index (χ1) is 5.08. The highest BCUT2D eigenvalue weighted by molar-refractivity contribution is 5.11. The summed E-state index contributed by atoms with van der Waals surface area (Å²) in [6.45, 7) is 3.98. The van der Waals surface area contributed by atoms with Gasteiger partial charge in [-0.05, 0) is 19.9 Å². The van der Waals surface area contributed by atoms with Gasteiger partial charge in [0.25, 0.3) is 0 Å². The molecule has 0 saturated heterocycles. The molecule has 1 aliphatic rings. The Morgan fingerprint density at radius 3 is 2.82 bits per heavy atom. The molecule has 1 rings (SSSR count). The molecule has 0 aromatic rings. The molecule has 0 spiro atoms. The smallest absolute Gasteiger partial charge is 0.227 e. The average Bonchev–Trinajstić information content (AvgIpc) is 2.31. The minimum Gasteiger partial charge on any atom is -0.310 e. The Hall–Kier alpha value is -0.780. The number of allylic oxidation sites excluding steroid dienone is 1. The molecule has 0 aliphatic carbocycles. The van der Waals surface area contributed by atoms with Crippen molar-refractivity contribution < 1.29 is 5.21 Å². The van der Waals surface area contributed by atoms with E-state index < -0.39 is 5.79 Å². The topological polar surface area (TPSA) is 74.2 Å². The number of azo groups is 1. The maximum absolute atomic E-state index is 9.24. The van der Waals surface area contributed by atoms with E-state index in [0.717, 1.165) is 10.8 Å². The highest BCUT2D eigenvalue weighted by Gasteiger charge is 2.31. The van der Waals surface area contributed by atoms with Crippen molar-refractivity contribution in [2.24, 2.45) is 16.0 Å². The number of hydrogen-bond donors (Lipinski definition) is 2. The predicted octanol–water partition coefficient (Wildman–Crippen LogP) is 0.680. The van der Waals surface area contributed by atoms with Gasteiger partial charge in [-0.25, -0.2) is 0 Å². The highest BCUT2D eigenvalue weighted by Crippen LogP contribution is 2.20. The van der Waals surface area contributed by atoms with Gasteiger partial charge in [-0.15, -0.1) is 10.2 Å². The van der Waals surface area contributed by atoms with Gasteiger partial charge >= 0.3 is 0 Å². The second-order valence-electron chi connectivity index (χ2n) is 2.48. The van der Waals surface area contributed by atoms with Crippen molar-refractivity contribution in [1.82, 2.24) is 5.06 Å². The molecular weight excluding hydrogens is 144 g/mol. The van der Waals surface area contributed by atoms with Gasteiger partial charge in [-0.3, -0.25) is 5.73 Å². The fourth-order valence-corrected chi connectivity index (χ4v) is 0.904. The number of rotatable bonds is 2. The lowest BCUT2D eigenvalue weighted by Crippen LogP contribution is -2.50. The van der Waals surface area contributed by atoms with Crippen molar-refractivity contribution in [3.05, 3.63) is 11.8 Å². The summed E-state index contributed by atoms with van der Waals surface area (Å²) >= 11 is 0. The molecule has 5 heteroatoms. The Labute approximate surface area is 65.2 Å². The van der Waals surface area contributed by atoms with Crippen LogP contribution in [-0.4, -0.2) is 22.6 Å². The van der Waals surface area contributed by atoms with Crippen LogP contribution in [0.25, 0.3) is 0 Å². The molecule has 0 aromatic carbocycles. The first kappa shape index (κ1) is 8.32. The van der Waals surface area contributed by atoms with Gasteiger partial charge in [0, 0.05) is 6.54 Å². The lowest BCUT2D eigenvalue weighted by atomic mass is 10.3. The third-order valence-corrected chi connectivity index (χ3v) is 1.50. The summed E-state index contributed by atoms with van der Waals surface area (Å²) in [5, 5.41) is 17.6.